The fourth-order valence-corrected chi connectivity index (χ4v) is 4.59. The summed E-state index contributed by atoms with van der Waals surface area (Å²) in [7, 11) is 0. The maximum atomic E-state index is 2.79. The van der Waals surface area contributed by atoms with E-state index in [2.05, 4.69) is 23.6 Å². The van der Waals surface area contributed by atoms with Crippen molar-refractivity contribution in [3.63, 3.8) is 0 Å². The van der Waals surface area contributed by atoms with Gasteiger partial charge in [-0.2, -0.15) is 0 Å². The van der Waals surface area contributed by atoms with Crippen molar-refractivity contribution in [1.82, 2.24) is 9.80 Å². The van der Waals surface area contributed by atoms with Crippen molar-refractivity contribution in [3.05, 3.63) is 0 Å². The zero-order chi connectivity index (χ0) is 11.9. The summed E-state index contributed by atoms with van der Waals surface area (Å²) < 4.78 is 0. The predicted molar refractivity (Wildman–Crippen MR) is 72.3 cm³/mol. The standard InChI is InChI=1S/C15H28N2/c1-14(16-9-3-4-10-16)7-8-15(2,13-14)17-11-5-6-12-17/h3-13H2,1-2H3. The van der Waals surface area contributed by atoms with Gasteiger partial charge >= 0.3 is 0 Å². The lowest BCUT2D eigenvalue weighted by Gasteiger charge is -2.40. The molecule has 0 aromatic carbocycles. The molecule has 1 aliphatic carbocycles. The molecule has 2 heterocycles. The van der Waals surface area contributed by atoms with Gasteiger partial charge in [0.2, 0.25) is 0 Å². The van der Waals surface area contributed by atoms with E-state index in [1.54, 1.807) is 0 Å². The summed E-state index contributed by atoms with van der Waals surface area (Å²) >= 11 is 0. The van der Waals surface area contributed by atoms with Gasteiger partial charge in [-0.05, 0) is 85.0 Å². The highest BCUT2D eigenvalue weighted by molar-refractivity contribution is 5.06. The van der Waals surface area contributed by atoms with Crippen LogP contribution < -0.4 is 0 Å². The zero-order valence-corrected chi connectivity index (χ0v) is 11.7. The average Bonchev–Trinajstić information content (AvgIpc) is 2.97. The van der Waals surface area contributed by atoms with E-state index >= 15 is 0 Å². The predicted octanol–water partition coefficient (Wildman–Crippen LogP) is 2.88. The molecule has 17 heavy (non-hydrogen) atoms. The molecule has 0 radical (unpaired) electrons. The van der Waals surface area contributed by atoms with Gasteiger partial charge in [0.25, 0.3) is 0 Å². The fraction of sp³-hybridized carbons (Fsp3) is 1.00. The molecule has 0 amide bonds. The molecule has 2 atom stereocenters. The van der Waals surface area contributed by atoms with Gasteiger partial charge in [-0.3, -0.25) is 9.80 Å². The van der Waals surface area contributed by atoms with Crippen molar-refractivity contribution in [2.45, 2.75) is 69.9 Å². The van der Waals surface area contributed by atoms with Crippen LogP contribution in [0.5, 0.6) is 0 Å². The van der Waals surface area contributed by atoms with Crippen molar-refractivity contribution >= 4 is 0 Å². The first-order valence-electron chi connectivity index (χ1n) is 7.63. The van der Waals surface area contributed by atoms with Crippen LogP contribution in [0, 0.1) is 0 Å². The van der Waals surface area contributed by atoms with E-state index in [9.17, 15) is 0 Å². The molecular formula is C15H28N2. The van der Waals surface area contributed by atoms with Crippen LogP contribution >= 0.6 is 0 Å². The second kappa shape index (κ2) is 4.24. The zero-order valence-electron chi connectivity index (χ0n) is 11.7. The van der Waals surface area contributed by atoms with Crippen LogP contribution in [0.1, 0.15) is 58.8 Å². The van der Waals surface area contributed by atoms with Crippen LogP contribution in [0.2, 0.25) is 0 Å². The quantitative estimate of drug-likeness (QED) is 0.727. The van der Waals surface area contributed by atoms with Crippen molar-refractivity contribution in [1.29, 1.82) is 0 Å². The van der Waals surface area contributed by atoms with Gasteiger partial charge in [0.1, 0.15) is 0 Å². The Balaban J connectivity index is 1.70. The summed E-state index contributed by atoms with van der Waals surface area (Å²) in [5, 5.41) is 0. The number of hydrogen-bond donors (Lipinski definition) is 0. The highest BCUT2D eigenvalue weighted by atomic mass is 15.3. The van der Waals surface area contributed by atoms with Crippen molar-refractivity contribution in [2.24, 2.45) is 0 Å². The largest absolute Gasteiger partial charge is 0.298 e. The molecule has 2 heteroatoms. The number of likely N-dealkylation sites (tertiary alicyclic amines) is 2. The van der Waals surface area contributed by atoms with Crippen LogP contribution in [0.4, 0.5) is 0 Å². The topological polar surface area (TPSA) is 6.48 Å². The molecule has 1 saturated carbocycles. The van der Waals surface area contributed by atoms with E-state index in [0.717, 1.165) is 0 Å². The van der Waals surface area contributed by atoms with E-state index in [1.807, 2.05) is 0 Å². The molecule has 2 saturated heterocycles. The summed E-state index contributed by atoms with van der Waals surface area (Å²) in [6, 6.07) is 0. The lowest BCUT2D eigenvalue weighted by Crippen LogP contribution is -2.48. The minimum Gasteiger partial charge on any atom is -0.298 e. The second-order valence-corrected chi connectivity index (χ2v) is 7.06. The highest BCUT2D eigenvalue weighted by Gasteiger charge is 2.49. The highest BCUT2D eigenvalue weighted by Crippen LogP contribution is 2.46. The molecule has 0 aromatic heterocycles. The first-order valence-corrected chi connectivity index (χ1v) is 7.63. The van der Waals surface area contributed by atoms with Gasteiger partial charge in [-0.15, -0.1) is 0 Å². The minimum atomic E-state index is 0.508. The van der Waals surface area contributed by atoms with Crippen LogP contribution in [0.25, 0.3) is 0 Å². The second-order valence-electron chi connectivity index (χ2n) is 7.06. The molecular weight excluding hydrogens is 208 g/mol. The molecule has 2 unspecified atom stereocenters. The van der Waals surface area contributed by atoms with E-state index in [-0.39, 0.29) is 0 Å². The average molecular weight is 236 g/mol. The third-order valence-electron chi connectivity index (χ3n) is 5.70. The number of nitrogens with zero attached hydrogens (tertiary/aromatic N) is 2. The van der Waals surface area contributed by atoms with Crippen LogP contribution in [0.15, 0.2) is 0 Å². The third kappa shape index (κ3) is 2.04. The first-order chi connectivity index (χ1) is 8.12. The summed E-state index contributed by atoms with van der Waals surface area (Å²) in [5.41, 5.74) is 1.02. The first kappa shape index (κ1) is 12.0. The molecule has 0 aromatic rings. The fourth-order valence-electron chi connectivity index (χ4n) is 4.59. The summed E-state index contributed by atoms with van der Waals surface area (Å²) in [6.45, 7) is 10.5. The van der Waals surface area contributed by atoms with E-state index < -0.39 is 0 Å². The van der Waals surface area contributed by atoms with Crippen molar-refractivity contribution < 1.29 is 0 Å². The minimum absolute atomic E-state index is 0.508. The number of rotatable bonds is 2. The lowest BCUT2D eigenvalue weighted by molar-refractivity contribution is 0.0914. The molecule has 3 aliphatic rings. The maximum Gasteiger partial charge on any atom is 0.0199 e. The van der Waals surface area contributed by atoms with Gasteiger partial charge in [0.05, 0.1) is 0 Å². The van der Waals surface area contributed by atoms with E-state index in [1.165, 1.54) is 71.1 Å². The number of hydrogen-bond acceptors (Lipinski definition) is 2. The van der Waals surface area contributed by atoms with Crippen molar-refractivity contribution in [3.8, 4) is 0 Å². The Morgan fingerprint density at radius 3 is 1.35 bits per heavy atom. The molecule has 98 valence electrons. The molecule has 3 rings (SSSR count). The third-order valence-corrected chi connectivity index (χ3v) is 5.70. The Labute approximate surface area is 106 Å². The smallest absolute Gasteiger partial charge is 0.0199 e. The molecule has 0 N–H and O–H groups in total. The van der Waals surface area contributed by atoms with Gasteiger partial charge in [0, 0.05) is 11.1 Å². The molecule has 0 bridgehead atoms. The molecule has 2 nitrogen and oxygen atoms in total. The Morgan fingerprint density at radius 1 is 0.647 bits per heavy atom. The van der Waals surface area contributed by atoms with Crippen LogP contribution in [-0.2, 0) is 0 Å². The lowest BCUT2D eigenvalue weighted by atomic mass is 9.92. The van der Waals surface area contributed by atoms with Crippen LogP contribution in [0.3, 0.4) is 0 Å². The maximum absolute atomic E-state index is 2.79. The Morgan fingerprint density at radius 2 is 1.00 bits per heavy atom. The van der Waals surface area contributed by atoms with Gasteiger partial charge in [0.15, 0.2) is 0 Å². The van der Waals surface area contributed by atoms with Crippen LogP contribution in [-0.4, -0.2) is 47.1 Å². The SMILES string of the molecule is CC1(N2CCCC2)CCC(C)(N2CCCC2)C1. The van der Waals surface area contributed by atoms with E-state index in [0.29, 0.717) is 11.1 Å². The summed E-state index contributed by atoms with van der Waals surface area (Å²) in [4.78, 5) is 5.57. The van der Waals surface area contributed by atoms with Gasteiger partial charge in [-0.25, -0.2) is 0 Å². The monoisotopic (exact) mass is 236 g/mol. The Bertz CT molecular complexity index is 251. The van der Waals surface area contributed by atoms with Gasteiger partial charge in [-0.1, -0.05) is 0 Å². The molecule has 2 aliphatic heterocycles. The van der Waals surface area contributed by atoms with E-state index in [4.69, 9.17) is 0 Å². The normalized spacial score (nSPS) is 44.8. The van der Waals surface area contributed by atoms with Crippen molar-refractivity contribution in [2.75, 3.05) is 26.2 Å². The Kier molecular flexibility index (Phi) is 2.99. The van der Waals surface area contributed by atoms with Gasteiger partial charge < -0.3 is 0 Å². The summed E-state index contributed by atoms with van der Waals surface area (Å²) in [6.07, 6.45) is 9.94. The Hall–Kier alpha value is -0.0800. The molecule has 0 spiro atoms. The molecule has 3 fully saturated rings. The summed E-state index contributed by atoms with van der Waals surface area (Å²) in [5.74, 6) is 0.